The Hall–Kier alpha value is -1.61. The van der Waals surface area contributed by atoms with Crippen LogP contribution in [0.15, 0.2) is 18.2 Å². The highest BCUT2D eigenvalue weighted by molar-refractivity contribution is 7.85. The molecule has 0 saturated heterocycles. The SMILES string of the molecule is Cc1n(CCCS(=O)(=O)[O-])c2cc(C(F)(F)F)ccc2[n+]1C. The lowest BCUT2D eigenvalue weighted by molar-refractivity contribution is -0.652. The maximum Gasteiger partial charge on any atom is 0.416 e. The van der Waals surface area contributed by atoms with Crippen LogP contribution in [-0.2, 0) is 29.9 Å². The molecule has 0 atom stereocenters. The minimum Gasteiger partial charge on any atom is -0.748 e. The largest absolute Gasteiger partial charge is 0.748 e. The monoisotopic (exact) mass is 336 g/mol. The zero-order valence-electron chi connectivity index (χ0n) is 12.0. The number of halogens is 3. The number of hydrogen-bond acceptors (Lipinski definition) is 3. The Kier molecular flexibility index (Phi) is 4.22. The first-order chi connectivity index (χ1) is 10.0. The summed E-state index contributed by atoms with van der Waals surface area (Å²) in [5, 5.41) is 0. The third-order valence-corrected chi connectivity index (χ3v) is 4.40. The van der Waals surface area contributed by atoms with Gasteiger partial charge in [-0.3, -0.25) is 0 Å². The van der Waals surface area contributed by atoms with Gasteiger partial charge < -0.3 is 4.55 Å². The van der Waals surface area contributed by atoms with Gasteiger partial charge in [-0.05, 0) is 18.6 Å². The van der Waals surface area contributed by atoms with Crippen LogP contribution in [0.4, 0.5) is 13.2 Å². The Labute approximate surface area is 125 Å². The van der Waals surface area contributed by atoms with Crippen LogP contribution in [0.25, 0.3) is 11.0 Å². The van der Waals surface area contributed by atoms with Gasteiger partial charge in [-0.1, -0.05) is 0 Å². The number of fused-ring (bicyclic) bond motifs is 1. The summed E-state index contributed by atoms with van der Waals surface area (Å²) in [5.74, 6) is 0.132. The van der Waals surface area contributed by atoms with Crippen LogP contribution >= 0.6 is 0 Å². The highest BCUT2D eigenvalue weighted by Crippen LogP contribution is 2.31. The Balaban J connectivity index is 2.45. The summed E-state index contributed by atoms with van der Waals surface area (Å²) in [6.07, 6.45) is -4.40. The van der Waals surface area contributed by atoms with Crippen molar-refractivity contribution < 1.29 is 30.7 Å². The number of benzene rings is 1. The predicted octanol–water partition coefficient (Wildman–Crippen LogP) is 1.73. The Morgan fingerprint density at radius 2 is 1.95 bits per heavy atom. The number of nitrogens with zero attached hydrogens (tertiary/aromatic N) is 2. The van der Waals surface area contributed by atoms with E-state index < -0.39 is 27.6 Å². The van der Waals surface area contributed by atoms with Gasteiger partial charge in [0, 0.05) is 18.7 Å². The van der Waals surface area contributed by atoms with Crippen molar-refractivity contribution in [2.45, 2.75) is 26.1 Å². The first-order valence-electron chi connectivity index (χ1n) is 6.50. The number of aryl methyl sites for hydroxylation is 2. The predicted molar refractivity (Wildman–Crippen MR) is 72.0 cm³/mol. The molecule has 1 heterocycles. The van der Waals surface area contributed by atoms with Crippen molar-refractivity contribution in [1.82, 2.24) is 4.57 Å². The van der Waals surface area contributed by atoms with Crippen LogP contribution < -0.4 is 4.57 Å². The van der Waals surface area contributed by atoms with Gasteiger partial charge in [0.1, 0.15) is 0 Å². The van der Waals surface area contributed by atoms with Crippen molar-refractivity contribution in [2.24, 2.45) is 7.05 Å². The van der Waals surface area contributed by atoms with E-state index >= 15 is 0 Å². The summed E-state index contributed by atoms with van der Waals surface area (Å²) in [4.78, 5) is 0. The molecule has 0 radical (unpaired) electrons. The third-order valence-electron chi connectivity index (χ3n) is 3.61. The van der Waals surface area contributed by atoms with E-state index in [0.29, 0.717) is 16.9 Å². The van der Waals surface area contributed by atoms with E-state index in [9.17, 15) is 26.1 Å². The molecule has 1 aromatic heterocycles. The van der Waals surface area contributed by atoms with E-state index in [1.165, 1.54) is 6.07 Å². The van der Waals surface area contributed by atoms with Crippen molar-refractivity contribution in [3.63, 3.8) is 0 Å². The molecule has 0 unspecified atom stereocenters. The van der Waals surface area contributed by atoms with Gasteiger partial charge >= 0.3 is 6.18 Å². The second kappa shape index (κ2) is 5.54. The summed E-state index contributed by atoms with van der Waals surface area (Å²) in [6.45, 7) is 1.88. The molecule has 9 heteroatoms. The minimum atomic E-state index is -4.45. The van der Waals surface area contributed by atoms with Crippen LogP contribution in [0, 0.1) is 6.92 Å². The van der Waals surface area contributed by atoms with Crippen molar-refractivity contribution in [3.05, 3.63) is 29.6 Å². The molecule has 122 valence electrons. The Morgan fingerprint density at radius 1 is 1.32 bits per heavy atom. The van der Waals surface area contributed by atoms with E-state index in [2.05, 4.69) is 0 Å². The molecule has 0 bridgehead atoms. The van der Waals surface area contributed by atoms with Crippen molar-refractivity contribution >= 4 is 21.2 Å². The number of imidazole rings is 1. The average Bonchev–Trinajstić information content (AvgIpc) is 2.61. The van der Waals surface area contributed by atoms with E-state index in [1.54, 1.807) is 23.1 Å². The molecule has 2 rings (SSSR count). The molecule has 0 amide bonds. The molecule has 0 aliphatic heterocycles. The van der Waals surface area contributed by atoms with Crippen LogP contribution in [0.3, 0.4) is 0 Å². The minimum absolute atomic E-state index is 0.0483. The third kappa shape index (κ3) is 3.41. The molecule has 0 spiro atoms. The zero-order chi connectivity index (χ0) is 16.7. The van der Waals surface area contributed by atoms with Gasteiger partial charge in [-0.25, -0.2) is 17.6 Å². The maximum absolute atomic E-state index is 12.8. The van der Waals surface area contributed by atoms with Crippen molar-refractivity contribution in [1.29, 1.82) is 0 Å². The van der Waals surface area contributed by atoms with Crippen molar-refractivity contribution in [2.75, 3.05) is 5.75 Å². The molecule has 0 aliphatic carbocycles. The second-order valence-electron chi connectivity index (χ2n) is 5.07. The lowest BCUT2D eigenvalue weighted by atomic mass is 10.2. The topological polar surface area (TPSA) is 66.0 Å². The molecule has 0 aliphatic rings. The van der Waals surface area contributed by atoms with Crippen LogP contribution in [0.2, 0.25) is 0 Å². The van der Waals surface area contributed by atoms with E-state index in [4.69, 9.17) is 0 Å². The fourth-order valence-corrected chi connectivity index (χ4v) is 2.89. The smallest absolute Gasteiger partial charge is 0.416 e. The van der Waals surface area contributed by atoms with E-state index in [-0.39, 0.29) is 13.0 Å². The van der Waals surface area contributed by atoms with Gasteiger partial charge in [0.15, 0.2) is 11.0 Å². The van der Waals surface area contributed by atoms with Gasteiger partial charge in [-0.15, -0.1) is 0 Å². The molecule has 0 saturated carbocycles. The van der Waals surface area contributed by atoms with Crippen LogP contribution in [-0.4, -0.2) is 23.3 Å². The van der Waals surface area contributed by atoms with E-state index in [1.807, 2.05) is 0 Å². The van der Waals surface area contributed by atoms with Crippen LogP contribution in [0.5, 0.6) is 0 Å². The lowest BCUT2D eigenvalue weighted by Gasteiger charge is -2.07. The molecule has 2 aromatic rings. The summed E-state index contributed by atoms with van der Waals surface area (Å²) < 4.78 is 73.7. The first kappa shape index (κ1) is 16.8. The van der Waals surface area contributed by atoms with Gasteiger partial charge in [0.25, 0.3) is 5.82 Å². The number of rotatable bonds is 4. The van der Waals surface area contributed by atoms with E-state index in [0.717, 1.165) is 12.1 Å². The molecular weight excluding hydrogens is 321 g/mol. The average molecular weight is 336 g/mol. The summed E-state index contributed by atoms with van der Waals surface area (Å²) >= 11 is 0. The maximum atomic E-state index is 12.8. The summed E-state index contributed by atoms with van der Waals surface area (Å²) in [5.41, 5.74) is 0.199. The highest BCUT2D eigenvalue weighted by Gasteiger charge is 2.32. The molecule has 22 heavy (non-hydrogen) atoms. The molecule has 1 aromatic carbocycles. The fourth-order valence-electron chi connectivity index (χ4n) is 2.41. The first-order valence-corrected chi connectivity index (χ1v) is 8.08. The fraction of sp³-hybridized carbons (Fsp3) is 0.462. The standard InChI is InChI=1S/C13H15F3N2O3S/c1-9-17(2)11-5-4-10(13(14,15)16)8-12(11)18(9)6-3-7-22(19,20)21/h4-5,8H,3,6-7H2,1-2H3. The normalized spacial score (nSPS) is 13.0. The van der Waals surface area contributed by atoms with Gasteiger partial charge in [-0.2, -0.15) is 13.2 Å². The number of alkyl halides is 3. The zero-order valence-corrected chi connectivity index (χ0v) is 12.8. The molecule has 5 nitrogen and oxygen atoms in total. The Bertz CT molecular complexity index is 810. The molecule has 0 N–H and O–H groups in total. The van der Waals surface area contributed by atoms with Gasteiger partial charge in [0.2, 0.25) is 0 Å². The van der Waals surface area contributed by atoms with Crippen molar-refractivity contribution in [3.8, 4) is 0 Å². The molecular formula is C13H15F3N2O3S. The summed E-state index contributed by atoms with van der Waals surface area (Å²) in [6, 6.07) is 3.42. The summed E-state index contributed by atoms with van der Waals surface area (Å²) in [7, 11) is -2.62. The molecule has 0 fully saturated rings. The highest BCUT2D eigenvalue weighted by atomic mass is 32.2. The van der Waals surface area contributed by atoms with Gasteiger partial charge in [0.05, 0.1) is 29.3 Å². The number of hydrogen-bond donors (Lipinski definition) is 0. The van der Waals surface area contributed by atoms with Crippen LogP contribution in [0.1, 0.15) is 17.8 Å². The quantitative estimate of drug-likeness (QED) is 0.631. The lowest BCUT2D eigenvalue weighted by Crippen LogP contribution is -2.31. The number of aromatic nitrogens is 2. The second-order valence-corrected chi connectivity index (χ2v) is 6.60. The Morgan fingerprint density at radius 3 is 2.50 bits per heavy atom.